The van der Waals surface area contributed by atoms with E-state index in [-0.39, 0.29) is 5.97 Å². The number of halogens is 1. The number of thiazole rings is 1. The second-order valence-electron chi connectivity index (χ2n) is 3.22. The van der Waals surface area contributed by atoms with Crippen LogP contribution in [0.5, 0.6) is 0 Å². The highest BCUT2D eigenvalue weighted by Gasteiger charge is 2.15. The first-order valence-electron chi connectivity index (χ1n) is 4.95. The lowest BCUT2D eigenvalue weighted by Crippen LogP contribution is -2.05. The number of unbranched alkanes of at least 4 members (excludes halogenated alkanes) is 2. The first-order chi connectivity index (χ1) is 7.15. The summed E-state index contributed by atoms with van der Waals surface area (Å²) < 4.78 is 5.48. The van der Waals surface area contributed by atoms with Crippen LogP contribution < -0.4 is 0 Å². The van der Waals surface area contributed by atoms with Crippen LogP contribution in [-0.2, 0) is 4.74 Å². The van der Waals surface area contributed by atoms with Gasteiger partial charge in [0.05, 0.1) is 12.3 Å². The molecular formula is C10H14ClNO2S. The molecular weight excluding hydrogens is 234 g/mol. The maximum atomic E-state index is 11.5. The topological polar surface area (TPSA) is 39.2 Å². The van der Waals surface area contributed by atoms with Crippen LogP contribution in [0, 0.1) is 6.92 Å². The Morgan fingerprint density at radius 3 is 2.80 bits per heavy atom. The second kappa shape index (κ2) is 6.08. The number of carbonyl (C=O) groups is 1. The van der Waals surface area contributed by atoms with Crippen molar-refractivity contribution in [2.24, 2.45) is 0 Å². The lowest BCUT2D eigenvalue weighted by Gasteiger charge is -2.02. The van der Waals surface area contributed by atoms with Gasteiger partial charge < -0.3 is 4.74 Å². The number of aromatic nitrogens is 1. The van der Waals surface area contributed by atoms with Gasteiger partial charge in [0.1, 0.15) is 4.88 Å². The minimum atomic E-state index is -0.312. The molecule has 0 fully saturated rings. The molecule has 1 rings (SSSR count). The molecule has 0 atom stereocenters. The molecule has 1 heterocycles. The van der Waals surface area contributed by atoms with Crippen LogP contribution >= 0.6 is 22.9 Å². The third-order valence-electron chi connectivity index (χ3n) is 1.94. The molecule has 0 amide bonds. The van der Waals surface area contributed by atoms with Gasteiger partial charge in [0, 0.05) is 0 Å². The highest BCUT2D eigenvalue weighted by atomic mass is 35.5. The smallest absolute Gasteiger partial charge is 0.350 e. The Hall–Kier alpha value is -0.610. The van der Waals surface area contributed by atoms with E-state index in [2.05, 4.69) is 11.9 Å². The molecule has 0 aliphatic rings. The largest absolute Gasteiger partial charge is 0.461 e. The zero-order chi connectivity index (χ0) is 11.3. The Morgan fingerprint density at radius 1 is 1.53 bits per heavy atom. The molecule has 0 aromatic carbocycles. The van der Waals surface area contributed by atoms with E-state index in [4.69, 9.17) is 16.3 Å². The van der Waals surface area contributed by atoms with E-state index in [9.17, 15) is 4.79 Å². The summed E-state index contributed by atoms with van der Waals surface area (Å²) in [5.41, 5.74) is 0.644. The molecule has 0 unspecified atom stereocenters. The Labute approximate surface area is 98.4 Å². The molecule has 0 aliphatic heterocycles. The molecule has 5 heteroatoms. The minimum Gasteiger partial charge on any atom is -0.461 e. The van der Waals surface area contributed by atoms with Gasteiger partial charge in [-0.1, -0.05) is 42.7 Å². The SMILES string of the molecule is CCCCCOC(=O)c1sc(Cl)nc1C. The Balaban J connectivity index is 2.43. The van der Waals surface area contributed by atoms with E-state index in [0.29, 0.717) is 21.6 Å². The fourth-order valence-corrected chi connectivity index (χ4v) is 2.18. The maximum absolute atomic E-state index is 11.5. The fraction of sp³-hybridized carbons (Fsp3) is 0.600. The van der Waals surface area contributed by atoms with E-state index in [1.807, 2.05) is 0 Å². The van der Waals surface area contributed by atoms with Crippen molar-refractivity contribution in [1.29, 1.82) is 0 Å². The average molecular weight is 248 g/mol. The number of hydrogen-bond donors (Lipinski definition) is 0. The van der Waals surface area contributed by atoms with Gasteiger partial charge in [-0.3, -0.25) is 0 Å². The Kier molecular flexibility index (Phi) is 5.05. The van der Waals surface area contributed by atoms with Crippen LogP contribution in [0.1, 0.15) is 41.6 Å². The van der Waals surface area contributed by atoms with Crippen LogP contribution in [0.4, 0.5) is 0 Å². The van der Waals surface area contributed by atoms with Crippen molar-refractivity contribution in [3.05, 3.63) is 15.0 Å². The quantitative estimate of drug-likeness (QED) is 0.591. The average Bonchev–Trinajstić information content (AvgIpc) is 2.52. The van der Waals surface area contributed by atoms with Crippen molar-refractivity contribution in [2.45, 2.75) is 33.1 Å². The number of ether oxygens (including phenoxy) is 1. The Bertz CT molecular complexity index is 338. The predicted molar refractivity (Wildman–Crippen MR) is 61.7 cm³/mol. The van der Waals surface area contributed by atoms with E-state index >= 15 is 0 Å². The van der Waals surface area contributed by atoms with Crippen molar-refractivity contribution < 1.29 is 9.53 Å². The molecule has 0 saturated heterocycles. The molecule has 0 bridgehead atoms. The van der Waals surface area contributed by atoms with Crippen molar-refractivity contribution in [2.75, 3.05) is 6.61 Å². The molecule has 15 heavy (non-hydrogen) atoms. The lowest BCUT2D eigenvalue weighted by molar-refractivity contribution is 0.0503. The molecule has 1 aromatic rings. The molecule has 1 aromatic heterocycles. The molecule has 0 radical (unpaired) electrons. The van der Waals surface area contributed by atoms with Crippen molar-refractivity contribution in [3.8, 4) is 0 Å². The summed E-state index contributed by atoms with van der Waals surface area (Å²) in [6.07, 6.45) is 3.10. The van der Waals surface area contributed by atoms with E-state index < -0.39 is 0 Å². The highest BCUT2D eigenvalue weighted by molar-refractivity contribution is 7.17. The van der Waals surface area contributed by atoms with Crippen LogP contribution in [-0.4, -0.2) is 17.6 Å². The summed E-state index contributed by atoms with van der Waals surface area (Å²) >= 11 is 6.86. The zero-order valence-corrected chi connectivity index (χ0v) is 10.5. The number of hydrogen-bond acceptors (Lipinski definition) is 4. The number of carbonyl (C=O) groups excluding carboxylic acids is 1. The van der Waals surface area contributed by atoms with Crippen molar-refractivity contribution in [3.63, 3.8) is 0 Å². The molecule has 0 N–H and O–H groups in total. The molecule has 0 saturated carbocycles. The predicted octanol–water partition coefficient (Wildman–Crippen LogP) is 3.45. The number of esters is 1. The van der Waals surface area contributed by atoms with E-state index in [0.717, 1.165) is 19.3 Å². The monoisotopic (exact) mass is 247 g/mol. The molecule has 0 spiro atoms. The van der Waals surface area contributed by atoms with Gasteiger partial charge in [0.2, 0.25) is 0 Å². The minimum absolute atomic E-state index is 0.312. The summed E-state index contributed by atoms with van der Waals surface area (Å²) in [7, 11) is 0. The van der Waals surface area contributed by atoms with E-state index in [1.165, 1.54) is 11.3 Å². The summed E-state index contributed by atoms with van der Waals surface area (Å²) in [6.45, 7) is 4.33. The van der Waals surface area contributed by atoms with Crippen LogP contribution in [0.2, 0.25) is 4.47 Å². The summed E-state index contributed by atoms with van der Waals surface area (Å²) in [5.74, 6) is -0.312. The van der Waals surface area contributed by atoms with Gasteiger partial charge in [0.15, 0.2) is 4.47 Å². The van der Waals surface area contributed by atoms with Gasteiger partial charge in [0.25, 0.3) is 0 Å². The van der Waals surface area contributed by atoms with Gasteiger partial charge in [-0.25, -0.2) is 9.78 Å². The van der Waals surface area contributed by atoms with Gasteiger partial charge in [-0.2, -0.15) is 0 Å². The standard InChI is InChI=1S/C10H14ClNO2S/c1-3-4-5-6-14-9(13)8-7(2)12-10(11)15-8/h3-6H2,1-2H3. The Morgan fingerprint density at radius 2 is 2.27 bits per heavy atom. The number of nitrogens with zero attached hydrogens (tertiary/aromatic N) is 1. The first kappa shape index (κ1) is 12.5. The molecule has 84 valence electrons. The van der Waals surface area contributed by atoms with Crippen molar-refractivity contribution in [1.82, 2.24) is 4.98 Å². The molecule has 3 nitrogen and oxygen atoms in total. The summed E-state index contributed by atoms with van der Waals surface area (Å²) in [6, 6.07) is 0. The molecule has 0 aliphatic carbocycles. The van der Waals surface area contributed by atoms with Crippen LogP contribution in [0.25, 0.3) is 0 Å². The van der Waals surface area contributed by atoms with Gasteiger partial charge in [-0.05, 0) is 13.3 Å². The summed E-state index contributed by atoms with van der Waals surface area (Å²) in [4.78, 5) is 16.0. The third-order valence-corrected chi connectivity index (χ3v) is 3.18. The van der Waals surface area contributed by atoms with Gasteiger partial charge >= 0.3 is 5.97 Å². The van der Waals surface area contributed by atoms with Crippen molar-refractivity contribution >= 4 is 28.9 Å². The normalized spacial score (nSPS) is 10.3. The lowest BCUT2D eigenvalue weighted by atomic mass is 10.3. The zero-order valence-electron chi connectivity index (χ0n) is 8.88. The number of rotatable bonds is 5. The third kappa shape index (κ3) is 3.80. The van der Waals surface area contributed by atoms with Crippen LogP contribution in [0.15, 0.2) is 0 Å². The fourth-order valence-electron chi connectivity index (χ4n) is 1.14. The second-order valence-corrected chi connectivity index (χ2v) is 4.81. The van der Waals surface area contributed by atoms with E-state index in [1.54, 1.807) is 6.92 Å². The van der Waals surface area contributed by atoms with Gasteiger partial charge in [-0.15, -0.1) is 0 Å². The number of aryl methyl sites for hydroxylation is 1. The first-order valence-corrected chi connectivity index (χ1v) is 6.14. The maximum Gasteiger partial charge on any atom is 0.350 e. The summed E-state index contributed by atoms with van der Waals surface area (Å²) in [5, 5.41) is 0. The highest BCUT2D eigenvalue weighted by Crippen LogP contribution is 2.22. The van der Waals surface area contributed by atoms with Crippen LogP contribution in [0.3, 0.4) is 0 Å².